The van der Waals surface area contributed by atoms with Gasteiger partial charge in [0.15, 0.2) is 0 Å². The molecule has 0 unspecified atom stereocenters. The molecule has 0 aromatic carbocycles. The lowest BCUT2D eigenvalue weighted by molar-refractivity contribution is -0.137. The summed E-state index contributed by atoms with van der Waals surface area (Å²) in [7, 11) is 0. The van der Waals surface area contributed by atoms with Gasteiger partial charge in [-0.3, -0.25) is 14.6 Å². The van der Waals surface area contributed by atoms with Crippen LogP contribution in [0.3, 0.4) is 0 Å². The summed E-state index contributed by atoms with van der Waals surface area (Å²) in [5, 5.41) is 11.3. The van der Waals surface area contributed by atoms with Crippen LogP contribution in [0.1, 0.15) is 26.3 Å². The number of H-pyrrole nitrogens is 1. The van der Waals surface area contributed by atoms with Crippen molar-refractivity contribution >= 4 is 18.1 Å². The number of nitrogens with zero attached hydrogens (tertiary/aromatic N) is 2. The maximum Gasteiger partial charge on any atom is 0.407 e. The number of amides is 3. The maximum absolute atomic E-state index is 12.3. The van der Waals surface area contributed by atoms with E-state index in [0.29, 0.717) is 0 Å². The highest BCUT2D eigenvalue weighted by atomic mass is 16.6. The molecule has 1 heterocycles. The van der Waals surface area contributed by atoms with E-state index in [1.807, 2.05) is 4.98 Å². The van der Waals surface area contributed by atoms with Gasteiger partial charge in [0.05, 0.1) is 0 Å². The highest BCUT2D eigenvalue weighted by molar-refractivity contribution is 5.85. The van der Waals surface area contributed by atoms with Crippen LogP contribution in [0.15, 0.2) is 15.8 Å². The van der Waals surface area contributed by atoms with Gasteiger partial charge in [-0.05, 0) is 27.7 Å². The molecule has 0 spiro atoms. The Kier molecular flexibility index (Phi) is 7.14. The monoisotopic (exact) mass is 385 g/mol. The first kappa shape index (κ1) is 21.7. The third-order valence-electron chi connectivity index (χ3n) is 3.00. The van der Waals surface area contributed by atoms with Crippen molar-refractivity contribution < 1.29 is 24.2 Å². The summed E-state index contributed by atoms with van der Waals surface area (Å²) >= 11 is 0. The topological polar surface area (TPSA) is 163 Å². The minimum absolute atomic E-state index is 0.0742. The number of aliphatic carboxylic acids is 1. The second-order valence-corrected chi connectivity index (χ2v) is 6.60. The van der Waals surface area contributed by atoms with Gasteiger partial charge >= 0.3 is 23.8 Å². The first-order valence-electron chi connectivity index (χ1n) is 7.96. The lowest BCUT2D eigenvalue weighted by Gasteiger charge is -2.23. The third kappa shape index (κ3) is 7.63. The van der Waals surface area contributed by atoms with Gasteiger partial charge in [-0.2, -0.15) is 0 Å². The number of rotatable bonds is 6. The summed E-state index contributed by atoms with van der Waals surface area (Å²) in [6, 6.07) is -0.906. The summed E-state index contributed by atoms with van der Waals surface area (Å²) in [5.41, 5.74) is 0.153. The second kappa shape index (κ2) is 8.87. The molecule has 3 amide bonds. The second-order valence-electron chi connectivity index (χ2n) is 6.60. The maximum atomic E-state index is 12.3. The molecule has 12 nitrogen and oxygen atoms in total. The number of nitrogens with one attached hydrogen (secondary N) is 3. The van der Waals surface area contributed by atoms with Gasteiger partial charge in [0, 0.05) is 24.8 Å². The molecule has 0 saturated carbocycles. The summed E-state index contributed by atoms with van der Waals surface area (Å²) in [5.74, 6) is -1.28. The molecule has 1 rings (SSSR count). The van der Waals surface area contributed by atoms with Crippen LogP contribution in [-0.4, -0.2) is 63.0 Å². The number of aromatic amines is 1. The number of aromatic nitrogens is 2. The summed E-state index contributed by atoms with van der Waals surface area (Å²) in [4.78, 5) is 60.7. The molecule has 27 heavy (non-hydrogen) atoms. The van der Waals surface area contributed by atoms with Crippen LogP contribution in [0.5, 0.6) is 0 Å². The fraction of sp³-hybridized carbons (Fsp3) is 0.533. The van der Waals surface area contributed by atoms with Crippen molar-refractivity contribution in [3.05, 3.63) is 32.6 Å². The number of hydrogen-bond acceptors (Lipinski definition) is 6. The number of hydrogen-bond donors (Lipinski definition) is 4. The number of carbonyl (C=O) groups excluding carboxylic acids is 2. The van der Waals surface area contributed by atoms with E-state index in [1.54, 1.807) is 20.8 Å². The van der Waals surface area contributed by atoms with Gasteiger partial charge in [0.2, 0.25) is 0 Å². The van der Waals surface area contributed by atoms with E-state index in [4.69, 9.17) is 9.84 Å². The van der Waals surface area contributed by atoms with Crippen molar-refractivity contribution in [1.29, 1.82) is 0 Å². The zero-order valence-electron chi connectivity index (χ0n) is 15.5. The molecule has 0 bridgehead atoms. The van der Waals surface area contributed by atoms with Crippen LogP contribution >= 0.6 is 0 Å². The van der Waals surface area contributed by atoms with E-state index in [-0.39, 0.29) is 18.7 Å². The highest BCUT2D eigenvalue weighted by Gasteiger charge is 2.19. The first-order chi connectivity index (χ1) is 12.4. The van der Waals surface area contributed by atoms with Gasteiger partial charge in [0.1, 0.15) is 12.1 Å². The lowest BCUT2D eigenvalue weighted by Crippen LogP contribution is -2.48. The lowest BCUT2D eigenvalue weighted by atomic mass is 10.2. The highest BCUT2D eigenvalue weighted by Crippen LogP contribution is 2.06. The Balaban J connectivity index is 2.76. The Hall–Kier alpha value is -3.31. The quantitative estimate of drug-likeness (QED) is 0.509. The molecule has 1 aromatic heterocycles. The van der Waals surface area contributed by atoms with Gasteiger partial charge in [0.25, 0.3) is 5.56 Å². The number of carbonyl (C=O) groups is 3. The van der Waals surface area contributed by atoms with Crippen LogP contribution in [0.4, 0.5) is 9.59 Å². The van der Waals surface area contributed by atoms with E-state index in [0.717, 1.165) is 15.8 Å². The molecule has 0 fully saturated rings. The Morgan fingerprint density at radius 2 is 1.93 bits per heavy atom. The predicted molar refractivity (Wildman–Crippen MR) is 94.3 cm³/mol. The average molecular weight is 385 g/mol. The predicted octanol–water partition coefficient (Wildman–Crippen LogP) is -0.580. The molecule has 150 valence electrons. The first-order valence-corrected chi connectivity index (χ1v) is 7.96. The van der Waals surface area contributed by atoms with Crippen molar-refractivity contribution in [3.63, 3.8) is 0 Å². The summed E-state index contributed by atoms with van der Waals surface area (Å²) in [6.07, 6.45) is 0.391. The zero-order chi connectivity index (χ0) is 20.8. The van der Waals surface area contributed by atoms with E-state index in [1.165, 1.54) is 6.92 Å². The van der Waals surface area contributed by atoms with Crippen molar-refractivity contribution in [2.45, 2.75) is 33.3 Å². The summed E-state index contributed by atoms with van der Waals surface area (Å²) < 4.78 is 5.76. The molecule has 4 N–H and O–H groups in total. The molecule has 12 heteroatoms. The van der Waals surface area contributed by atoms with Crippen molar-refractivity contribution in [2.75, 3.05) is 25.1 Å². The van der Waals surface area contributed by atoms with Crippen molar-refractivity contribution in [1.82, 2.24) is 19.9 Å². The number of carboxylic acid groups (broad SMARTS) is 1. The molecular formula is C15H23N5O7. The van der Waals surface area contributed by atoms with E-state index >= 15 is 0 Å². The van der Waals surface area contributed by atoms with E-state index in [2.05, 4.69) is 10.7 Å². The van der Waals surface area contributed by atoms with Crippen LogP contribution in [-0.2, 0) is 9.53 Å². The Morgan fingerprint density at radius 1 is 1.30 bits per heavy atom. The average Bonchev–Trinajstić information content (AvgIpc) is 2.49. The molecular weight excluding hydrogens is 362 g/mol. The number of urea groups is 1. The largest absolute Gasteiger partial charge is 0.480 e. The van der Waals surface area contributed by atoms with E-state index in [9.17, 15) is 24.0 Å². The standard InChI is InChI=1S/C15H23N5O7/c1-9-7-20(12(24)17-11(9)23)18-13(25)19(8-10(21)22)6-5-16-14(26)27-15(2,3)4/h7H,5-6,8H2,1-4H3,(H,16,26)(H,18,25)(H,21,22)(H,17,23,24). The Bertz CT molecular complexity index is 821. The molecule has 0 aliphatic heterocycles. The van der Waals surface area contributed by atoms with Gasteiger partial charge in [-0.15, -0.1) is 0 Å². The fourth-order valence-corrected chi connectivity index (χ4v) is 1.85. The van der Waals surface area contributed by atoms with E-state index < -0.39 is 41.5 Å². The van der Waals surface area contributed by atoms with Crippen molar-refractivity contribution in [3.8, 4) is 0 Å². The third-order valence-corrected chi connectivity index (χ3v) is 3.00. The van der Waals surface area contributed by atoms with Gasteiger partial charge in [-0.25, -0.2) is 24.5 Å². The molecule has 0 aliphatic rings. The number of carboxylic acids is 1. The Labute approximate surface area is 154 Å². The minimum Gasteiger partial charge on any atom is -0.480 e. The van der Waals surface area contributed by atoms with Gasteiger partial charge < -0.3 is 20.1 Å². The number of aryl methyl sites for hydroxylation is 1. The zero-order valence-corrected chi connectivity index (χ0v) is 15.5. The van der Waals surface area contributed by atoms with Crippen LogP contribution < -0.4 is 22.0 Å². The Morgan fingerprint density at radius 3 is 2.48 bits per heavy atom. The van der Waals surface area contributed by atoms with Crippen LogP contribution in [0.25, 0.3) is 0 Å². The molecule has 1 aromatic rings. The van der Waals surface area contributed by atoms with Gasteiger partial charge in [-0.1, -0.05) is 0 Å². The molecule has 0 aliphatic carbocycles. The SMILES string of the molecule is Cc1cn(NC(=O)N(CCNC(=O)OC(C)(C)C)CC(=O)O)c(=O)[nH]c1=O. The minimum atomic E-state index is -1.28. The van der Waals surface area contributed by atoms with Crippen LogP contribution in [0, 0.1) is 6.92 Å². The molecule has 0 saturated heterocycles. The van der Waals surface area contributed by atoms with Crippen molar-refractivity contribution in [2.24, 2.45) is 0 Å². The number of ether oxygens (including phenoxy) is 1. The smallest absolute Gasteiger partial charge is 0.407 e. The normalized spacial score (nSPS) is 10.8. The number of alkyl carbamates (subject to hydrolysis) is 1. The molecule has 0 atom stereocenters. The van der Waals surface area contributed by atoms with Crippen LogP contribution in [0.2, 0.25) is 0 Å². The summed E-state index contributed by atoms with van der Waals surface area (Å²) in [6.45, 7) is 5.57. The fourth-order valence-electron chi connectivity index (χ4n) is 1.85. The molecule has 0 radical (unpaired) electrons.